The largest absolute Gasteiger partial charge is 0.488 e. The van der Waals surface area contributed by atoms with E-state index in [2.05, 4.69) is 15.9 Å². The van der Waals surface area contributed by atoms with Gasteiger partial charge in [-0.2, -0.15) is 0 Å². The summed E-state index contributed by atoms with van der Waals surface area (Å²) in [5, 5.41) is -0.745. The average Bonchev–Trinajstić information content (AvgIpc) is 2.86. The fourth-order valence-corrected chi connectivity index (χ4v) is 2.94. The van der Waals surface area contributed by atoms with E-state index in [1.54, 1.807) is 0 Å². The first-order chi connectivity index (χ1) is 9.56. The normalized spacial score (nSPS) is 18.5. The van der Waals surface area contributed by atoms with Gasteiger partial charge in [0.25, 0.3) is 0 Å². The molecule has 0 saturated carbocycles. The van der Waals surface area contributed by atoms with Gasteiger partial charge in [-0.25, -0.2) is 8.78 Å². The Morgan fingerprint density at radius 1 is 1.20 bits per heavy atom. The highest BCUT2D eigenvalue weighted by atomic mass is 79.9. The Labute approximate surface area is 128 Å². The minimum Gasteiger partial charge on any atom is -0.488 e. The summed E-state index contributed by atoms with van der Waals surface area (Å²) in [4.78, 5) is 0. The van der Waals surface area contributed by atoms with Crippen molar-refractivity contribution in [3.63, 3.8) is 0 Å². The van der Waals surface area contributed by atoms with E-state index in [9.17, 15) is 8.78 Å². The highest BCUT2D eigenvalue weighted by Gasteiger charge is 2.32. The van der Waals surface area contributed by atoms with E-state index in [0.717, 1.165) is 23.4 Å². The predicted octanol–water partition coefficient (Wildman–Crippen LogP) is 5.01. The van der Waals surface area contributed by atoms with Crippen LogP contribution in [0.25, 0.3) is 0 Å². The Morgan fingerprint density at radius 2 is 1.95 bits per heavy atom. The molecule has 2 aromatic carbocycles. The van der Waals surface area contributed by atoms with Gasteiger partial charge < -0.3 is 4.74 Å². The van der Waals surface area contributed by atoms with Crippen molar-refractivity contribution in [2.45, 2.75) is 17.9 Å². The first-order valence-electron chi connectivity index (χ1n) is 6.09. The van der Waals surface area contributed by atoms with Gasteiger partial charge in [0.2, 0.25) is 0 Å². The highest BCUT2D eigenvalue weighted by molar-refractivity contribution is 9.10. The second-order valence-corrected chi connectivity index (χ2v) is 5.98. The molecule has 1 nitrogen and oxygen atoms in total. The number of alkyl halides is 1. The molecule has 0 aliphatic carbocycles. The lowest BCUT2D eigenvalue weighted by Crippen LogP contribution is -2.20. The van der Waals surface area contributed by atoms with E-state index in [-0.39, 0.29) is 10.0 Å². The maximum atomic E-state index is 13.9. The first kappa shape index (κ1) is 13.8. The molecular weight excluding hydrogens is 350 g/mol. The molecule has 0 bridgehead atoms. The summed E-state index contributed by atoms with van der Waals surface area (Å²) in [6, 6.07) is 9.76. The zero-order valence-electron chi connectivity index (χ0n) is 10.2. The van der Waals surface area contributed by atoms with E-state index < -0.39 is 23.1 Å². The van der Waals surface area contributed by atoms with Gasteiger partial charge in [0.05, 0.1) is 9.85 Å². The van der Waals surface area contributed by atoms with Crippen molar-refractivity contribution in [1.29, 1.82) is 0 Å². The third-order valence-electron chi connectivity index (χ3n) is 3.34. The summed E-state index contributed by atoms with van der Waals surface area (Å²) >= 11 is 9.23. The van der Waals surface area contributed by atoms with Gasteiger partial charge in [0.15, 0.2) is 0 Å². The number of fused-ring (bicyclic) bond motifs is 1. The van der Waals surface area contributed by atoms with Crippen LogP contribution in [0.1, 0.15) is 16.5 Å². The molecule has 0 saturated heterocycles. The number of hydrogen-bond donors (Lipinski definition) is 0. The molecule has 0 fully saturated rings. The molecule has 0 N–H and O–H groups in total. The second-order valence-electron chi connectivity index (χ2n) is 4.66. The fraction of sp³-hybridized carbons (Fsp3) is 0.200. The van der Waals surface area contributed by atoms with Crippen molar-refractivity contribution in [3.8, 4) is 5.75 Å². The molecule has 20 heavy (non-hydrogen) atoms. The van der Waals surface area contributed by atoms with Crippen LogP contribution in [0.15, 0.2) is 40.9 Å². The molecule has 2 atom stereocenters. The molecule has 0 amide bonds. The number of ether oxygens (including phenoxy) is 1. The average molecular weight is 360 g/mol. The van der Waals surface area contributed by atoms with Gasteiger partial charge in [-0.05, 0) is 39.7 Å². The minimum absolute atomic E-state index is 0.0817. The zero-order chi connectivity index (χ0) is 14.3. The van der Waals surface area contributed by atoms with Crippen LogP contribution in [0.4, 0.5) is 8.78 Å². The molecule has 1 aliphatic rings. The summed E-state index contributed by atoms with van der Waals surface area (Å²) in [7, 11) is 0. The molecule has 2 aromatic rings. The van der Waals surface area contributed by atoms with Crippen LogP contribution >= 0.6 is 27.5 Å². The number of para-hydroxylation sites is 1. The Morgan fingerprint density at radius 3 is 2.70 bits per heavy atom. The molecule has 2 unspecified atom stereocenters. The van der Waals surface area contributed by atoms with Crippen LogP contribution < -0.4 is 4.74 Å². The van der Waals surface area contributed by atoms with Gasteiger partial charge in [0, 0.05) is 12.0 Å². The van der Waals surface area contributed by atoms with Gasteiger partial charge in [-0.15, -0.1) is 11.6 Å². The smallest absolute Gasteiger partial charge is 0.137 e. The quantitative estimate of drug-likeness (QED) is 0.541. The molecular formula is C15H10BrClF2O. The molecule has 1 heterocycles. The van der Waals surface area contributed by atoms with Gasteiger partial charge >= 0.3 is 0 Å². The summed E-state index contributed by atoms with van der Waals surface area (Å²) in [6.07, 6.45) is 0.186. The van der Waals surface area contributed by atoms with E-state index in [1.165, 1.54) is 0 Å². The molecule has 1 aliphatic heterocycles. The molecule has 0 radical (unpaired) electrons. The van der Waals surface area contributed by atoms with Crippen LogP contribution in [0, 0.1) is 11.6 Å². The van der Waals surface area contributed by atoms with Gasteiger partial charge in [-0.1, -0.05) is 18.2 Å². The maximum Gasteiger partial charge on any atom is 0.137 e. The molecule has 0 aromatic heterocycles. The van der Waals surface area contributed by atoms with Crippen LogP contribution in [-0.4, -0.2) is 6.10 Å². The first-order valence-corrected chi connectivity index (χ1v) is 7.32. The molecule has 3 rings (SSSR count). The van der Waals surface area contributed by atoms with E-state index in [1.807, 2.05) is 24.3 Å². The molecule has 104 valence electrons. The zero-order valence-corrected chi connectivity index (χ0v) is 12.6. The van der Waals surface area contributed by atoms with Crippen LogP contribution in [0.3, 0.4) is 0 Å². The van der Waals surface area contributed by atoms with Crippen LogP contribution in [0.2, 0.25) is 0 Å². The summed E-state index contributed by atoms with van der Waals surface area (Å²) < 4.78 is 33.3. The summed E-state index contributed by atoms with van der Waals surface area (Å²) in [5.41, 5.74) is 1.14. The minimum atomic E-state index is -0.745. The van der Waals surface area contributed by atoms with Crippen LogP contribution in [-0.2, 0) is 6.42 Å². The lowest BCUT2D eigenvalue weighted by Gasteiger charge is -2.18. The Hall–Kier alpha value is -1.13. The van der Waals surface area contributed by atoms with Crippen molar-refractivity contribution in [2.24, 2.45) is 0 Å². The van der Waals surface area contributed by atoms with Gasteiger partial charge in [-0.3, -0.25) is 0 Å². The van der Waals surface area contributed by atoms with Crippen LogP contribution in [0.5, 0.6) is 5.75 Å². The lowest BCUT2D eigenvalue weighted by atomic mass is 10.0. The fourth-order valence-electron chi connectivity index (χ4n) is 2.32. The van der Waals surface area contributed by atoms with E-state index in [4.69, 9.17) is 16.3 Å². The topological polar surface area (TPSA) is 9.23 Å². The second kappa shape index (κ2) is 5.34. The summed E-state index contributed by atoms with van der Waals surface area (Å²) in [6.45, 7) is 0. The Bertz CT molecular complexity index is 637. The highest BCUT2D eigenvalue weighted by Crippen LogP contribution is 2.38. The SMILES string of the molecule is Fc1cc(C(Cl)C2Cc3ccccc3O2)c(F)cc1Br. The Kier molecular flexibility index (Phi) is 3.69. The number of benzene rings is 2. The Balaban J connectivity index is 1.88. The number of hydrogen-bond acceptors (Lipinski definition) is 1. The molecule has 5 heteroatoms. The third-order valence-corrected chi connectivity index (χ3v) is 4.46. The van der Waals surface area contributed by atoms with Crippen molar-refractivity contribution in [3.05, 3.63) is 63.6 Å². The third kappa shape index (κ3) is 2.42. The maximum absolute atomic E-state index is 13.9. The summed E-state index contributed by atoms with van der Waals surface area (Å²) in [5.74, 6) is -0.332. The standard InChI is InChI=1S/C15H10BrClF2O/c16-10-7-11(18)9(6-12(10)19)15(17)14-5-8-3-1-2-4-13(8)20-14/h1-4,6-7,14-15H,5H2. The van der Waals surface area contributed by atoms with E-state index in [0.29, 0.717) is 6.42 Å². The number of halogens is 4. The van der Waals surface area contributed by atoms with Crippen molar-refractivity contribution >= 4 is 27.5 Å². The van der Waals surface area contributed by atoms with Crippen molar-refractivity contribution in [2.75, 3.05) is 0 Å². The molecule has 0 spiro atoms. The number of rotatable bonds is 2. The predicted molar refractivity (Wildman–Crippen MR) is 77.2 cm³/mol. The van der Waals surface area contributed by atoms with E-state index >= 15 is 0 Å². The lowest BCUT2D eigenvalue weighted by molar-refractivity contribution is 0.225. The van der Waals surface area contributed by atoms with Crippen molar-refractivity contribution in [1.82, 2.24) is 0 Å². The van der Waals surface area contributed by atoms with Gasteiger partial charge in [0.1, 0.15) is 23.5 Å². The van der Waals surface area contributed by atoms with Crippen molar-refractivity contribution < 1.29 is 13.5 Å². The monoisotopic (exact) mass is 358 g/mol.